The molecule has 0 radical (unpaired) electrons. The van der Waals surface area contributed by atoms with Crippen LogP contribution in [0.1, 0.15) is 31.0 Å². The SMILES string of the molecule is CCOC(=O)C1=C(C)N=c2s/c(=C\c3cc(OC)ccc3OC)c(=O)n2C1c1ccccc1OC. The summed E-state index contributed by atoms with van der Waals surface area (Å²) in [5, 5.41) is 0. The first-order valence-corrected chi connectivity index (χ1v) is 11.8. The summed E-state index contributed by atoms with van der Waals surface area (Å²) in [4.78, 5) is 31.9. The van der Waals surface area contributed by atoms with Gasteiger partial charge in [0.2, 0.25) is 0 Å². The fraction of sp³-hybridized carbons (Fsp3) is 0.269. The number of nitrogens with zero attached hydrogens (tertiary/aromatic N) is 2. The van der Waals surface area contributed by atoms with E-state index in [9.17, 15) is 9.59 Å². The van der Waals surface area contributed by atoms with Gasteiger partial charge in [-0.3, -0.25) is 9.36 Å². The van der Waals surface area contributed by atoms with Gasteiger partial charge in [-0.05, 0) is 44.2 Å². The standard InChI is InChI=1S/C26H26N2O6S/c1-6-34-25(30)22-15(2)27-26-28(23(22)18-9-7-8-10-20(18)33-5)24(29)21(35-26)14-16-13-17(31-3)11-12-19(16)32-4/h7-14,23H,6H2,1-5H3/b21-14-. The number of esters is 1. The smallest absolute Gasteiger partial charge is 0.338 e. The number of para-hydroxylation sites is 1. The van der Waals surface area contributed by atoms with Gasteiger partial charge in [0.1, 0.15) is 23.3 Å². The number of hydrogen-bond donors (Lipinski definition) is 0. The van der Waals surface area contributed by atoms with E-state index in [-0.39, 0.29) is 12.2 Å². The molecule has 0 N–H and O–H groups in total. The van der Waals surface area contributed by atoms with Crippen molar-refractivity contribution in [1.29, 1.82) is 0 Å². The molecule has 1 aliphatic heterocycles. The normalized spacial score (nSPS) is 15.3. The minimum Gasteiger partial charge on any atom is -0.497 e. The van der Waals surface area contributed by atoms with Crippen molar-refractivity contribution in [3.8, 4) is 17.2 Å². The van der Waals surface area contributed by atoms with E-state index >= 15 is 0 Å². The Kier molecular flexibility index (Phi) is 7.07. The number of ether oxygens (including phenoxy) is 4. The van der Waals surface area contributed by atoms with Gasteiger partial charge in [0.15, 0.2) is 4.80 Å². The molecule has 2 aromatic carbocycles. The number of fused-ring (bicyclic) bond motifs is 1. The van der Waals surface area contributed by atoms with E-state index in [1.54, 1.807) is 65.5 Å². The zero-order valence-electron chi connectivity index (χ0n) is 20.2. The van der Waals surface area contributed by atoms with Gasteiger partial charge < -0.3 is 18.9 Å². The van der Waals surface area contributed by atoms with Crippen LogP contribution < -0.4 is 29.1 Å². The van der Waals surface area contributed by atoms with Crippen LogP contribution >= 0.6 is 11.3 Å². The third-order valence-corrected chi connectivity index (χ3v) is 6.66. The number of thiazole rings is 1. The molecule has 1 aromatic heterocycles. The Morgan fingerprint density at radius 3 is 2.51 bits per heavy atom. The highest BCUT2D eigenvalue weighted by Gasteiger charge is 2.34. The summed E-state index contributed by atoms with van der Waals surface area (Å²) >= 11 is 1.24. The van der Waals surface area contributed by atoms with E-state index in [0.29, 0.717) is 49.0 Å². The van der Waals surface area contributed by atoms with Crippen molar-refractivity contribution in [2.45, 2.75) is 19.9 Å². The van der Waals surface area contributed by atoms with E-state index in [4.69, 9.17) is 18.9 Å². The first-order valence-electron chi connectivity index (χ1n) is 11.0. The van der Waals surface area contributed by atoms with E-state index in [1.165, 1.54) is 15.9 Å². The molecule has 1 atom stereocenters. The Hall–Kier alpha value is -3.85. The second-order valence-corrected chi connectivity index (χ2v) is 8.66. The fourth-order valence-electron chi connectivity index (χ4n) is 4.07. The van der Waals surface area contributed by atoms with Crippen LogP contribution in [-0.2, 0) is 9.53 Å². The molecule has 0 aliphatic carbocycles. The lowest BCUT2D eigenvalue weighted by atomic mass is 9.95. The average molecular weight is 495 g/mol. The van der Waals surface area contributed by atoms with Crippen LogP contribution in [0.25, 0.3) is 6.08 Å². The van der Waals surface area contributed by atoms with Crippen LogP contribution in [0.2, 0.25) is 0 Å². The molecular formula is C26H26N2O6S. The molecule has 8 nitrogen and oxygen atoms in total. The molecular weight excluding hydrogens is 468 g/mol. The zero-order valence-corrected chi connectivity index (χ0v) is 21.0. The highest BCUT2D eigenvalue weighted by Crippen LogP contribution is 2.35. The Bertz CT molecular complexity index is 1480. The molecule has 182 valence electrons. The van der Waals surface area contributed by atoms with Gasteiger partial charge in [-0.2, -0.15) is 0 Å². The first kappa shape index (κ1) is 24.3. The third kappa shape index (κ3) is 4.46. The summed E-state index contributed by atoms with van der Waals surface area (Å²) in [6.45, 7) is 3.69. The topological polar surface area (TPSA) is 88.4 Å². The van der Waals surface area contributed by atoms with Gasteiger partial charge >= 0.3 is 5.97 Å². The number of aromatic nitrogens is 1. The van der Waals surface area contributed by atoms with Crippen molar-refractivity contribution >= 4 is 23.4 Å². The molecule has 4 rings (SSSR count). The maximum atomic E-state index is 13.8. The van der Waals surface area contributed by atoms with Crippen molar-refractivity contribution in [1.82, 2.24) is 4.57 Å². The van der Waals surface area contributed by atoms with E-state index in [2.05, 4.69) is 4.99 Å². The van der Waals surface area contributed by atoms with Crippen LogP contribution in [-0.4, -0.2) is 38.5 Å². The Labute approximate surface area is 206 Å². The predicted molar refractivity (Wildman–Crippen MR) is 133 cm³/mol. The minimum atomic E-state index is -0.754. The summed E-state index contributed by atoms with van der Waals surface area (Å²) in [6.07, 6.45) is 1.74. The lowest BCUT2D eigenvalue weighted by Gasteiger charge is -2.25. The van der Waals surface area contributed by atoms with Crippen molar-refractivity contribution < 1.29 is 23.7 Å². The molecule has 0 fully saturated rings. The molecule has 0 amide bonds. The molecule has 35 heavy (non-hydrogen) atoms. The van der Waals surface area contributed by atoms with Gasteiger partial charge in [-0.1, -0.05) is 29.5 Å². The number of benzene rings is 2. The Morgan fingerprint density at radius 2 is 1.83 bits per heavy atom. The molecule has 2 heterocycles. The maximum absolute atomic E-state index is 13.8. The predicted octanol–water partition coefficient (Wildman–Crippen LogP) is 2.82. The van der Waals surface area contributed by atoms with E-state index < -0.39 is 12.0 Å². The molecule has 1 unspecified atom stereocenters. The van der Waals surface area contributed by atoms with Crippen LogP contribution in [0.5, 0.6) is 17.2 Å². The van der Waals surface area contributed by atoms with Crippen LogP contribution in [0.4, 0.5) is 0 Å². The Balaban J connectivity index is 2.00. The second-order valence-electron chi connectivity index (χ2n) is 7.65. The second kappa shape index (κ2) is 10.2. The molecule has 0 saturated heterocycles. The Morgan fingerprint density at radius 1 is 1.09 bits per heavy atom. The summed E-state index contributed by atoms with van der Waals surface area (Å²) in [5.41, 5.74) is 1.86. The number of rotatable bonds is 7. The van der Waals surface area contributed by atoms with Crippen LogP contribution in [0, 0.1) is 0 Å². The lowest BCUT2D eigenvalue weighted by Crippen LogP contribution is -2.40. The molecule has 3 aromatic rings. The van der Waals surface area contributed by atoms with E-state index in [0.717, 1.165) is 0 Å². The lowest BCUT2D eigenvalue weighted by molar-refractivity contribution is -0.139. The van der Waals surface area contributed by atoms with Gasteiger partial charge in [-0.25, -0.2) is 9.79 Å². The molecule has 9 heteroatoms. The van der Waals surface area contributed by atoms with Gasteiger partial charge in [0.25, 0.3) is 5.56 Å². The quantitative estimate of drug-likeness (QED) is 0.470. The average Bonchev–Trinajstić information content (AvgIpc) is 3.17. The summed E-state index contributed by atoms with van der Waals surface area (Å²) < 4.78 is 23.7. The van der Waals surface area contributed by atoms with Crippen LogP contribution in [0.3, 0.4) is 0 Å². The molecule has 0 bridgehead atoms. The monoisotopic (exact) mass is 494 g/mol. The number of carbonyl (C=O) groups excluding carboxylic acids is 1. The van der Waals surface area contributed by atoms with Crippen molar-refractivity contribution in [2.24, 2.45) is 4.99 Å². The first-order chi connectivity index (χ1) is 16.9. The minimum absolute atomic E-state index is 0.203. The highest BCUT2D eigenvalue weighted by atomic mass is 32.1. The van der Waals surface area contributed by atoms with Gasteiger partial charge in [0.05, 0.1) is 43.7 Å². The largest absolute Gasteiger partial charge is 0.497 e. The van der Waals surface area contributed by atoms with Crippen molar-refractivity contribution in [2.75, 3.05) is 27.9 Å². The van der Waals surface area contributed by atoms with Crippen molar-refractivity contribution in [3.05, 3.63) is 84.5 Å². The number of carbonyl (C=O) groups is 1. The number of hydrogen-bond acceptors (Lipinski definition) is 8. The highest BCUT2D eigenvalue weighted by molar-refractivity contribution is 7.07. The summed E-state index contributed by atoms with van der Waals surface area (Å²) in [5.74, 6) is 1.27. The molecule has 0 spiro atoms. The van der Waals surface area contributed by atoms with Crippen molar-refractivity contribution in [3.63, 3.8) is 0 Å². The molecule has 1 aliphatic rings. The summed E-state index contributed by atoms with van der Waals surface area (Å²) in [7, 11) is 4.70. The number of methoxy groups -OCH3 is 3. The zero-order chi connectivity index (χ0) is 25.1. The number of allylic oxidation sites excluding steroid dienone is 1. The van der Waals surface area contributed by atoms with Gasteiger partial charge in [0, 0.05) is 11.1 Å². The summed E-state index contributed by atoms with van der Waals surface area (Å²) in [6, 6.07) is 11.9. The maximum Gasteiger partial charge on any atom is 0.338 e. The van der Waals surface area contributed by atoms with Gasteiger partial charge in [-0.15, -0.1) is 0 Å². The molecule has 0 saturated carbocycles. The van der Waals surface area contributed by atoms with E-state index in [1.807, 2.05) is 18.2 Å². The fourth-order valence-corrected chi connectivity index (χ4v) is 5.11. The van der Waals surface area contributed by atoms with Crippen LogP contribution in [0.15, 0.2) is 63.5 Å². The third-order valence-electron chi connectivity index (χ3n) is 5.67.